The van der Waals surface area contributed by atoms with Gasteiger partial charge in [0, 0.05) is 18.5 Å². The van der Waals surface area contributed by atoms with Crippen molar-refractivity contribution >= 4 is 11.9 Å². The lowest BCUT2D eigenvalue weighted by atomic mass is 9.98. The van der Waals surface area contributed by atoms with E-state index in [0.717, 1.165) is 44.1 Å². The highest BCUT2D eigenvalue weighted by Crippen LogP contribution is 2.23. The van der Waals surface area contributed by atoms with E-state index in [2.05, 4.69) is 20.7 Å². The third-order valence-corrected chi connectivity index (χ3v) is 4.09. The van der Waals surface area contributed by atoms with Gasteiger partial charge in [-0.15, -0.1) is 0 Å². The van der Waals surface area contributed by atoms with Crippen molar-refractivity contribution in [2.45, 2.75) is 25.2 Å². The van der Waals surface area contributed by atoms with Gasteiger partial charge in [0.05, 0.1) is 6.42 Å². The number of rotatable bonds is 4. The van der Waals surface area contributed by atoms with Gasteiger partial charge in [0.1, 0.15) is 11.6 Å². The molecule has 0 radical (unpaired) electrons. The topological polar surface area (TPSA) is 71.8 Å². The van der Waals surface area contributed by atoms with Crippen LogP contribution in [0.15, 0.2) is 18.2 Å². The predicted molar refractivity (Wildman–Crippen MR) is 84.5 cm³/mol. The second kappa shape index (κ2) is 7.04. The Hall–Kier alpha value is -2.35. The molecule has 1 aromatic heterocycles. The third-order valence-electron chi connectivity index (χ3n) is 4.09. The summed E-state index contributed by atoms with van der Waals surface area (Å²) >= 11 is 0. The second-order valence-corrected chi connectivity index (χ2v) is 5.90. The van der Waals surface area contributed by atoms with E-state index in [0.29, 0.717) is 11.8 Å². The van der Waals surface area contributed by atoms with Crippen LogP contribution in [0.3, 0.4) is 0 Å². The number of nitrogens with zero attached hydrogens (tertiary/aromatic N) is 3. The zero-order valence-corrected chi connectivity index (χ0v) is 13.4. The predicted octanol–water partition coefficient (Wildman–Crippen LogP) is 1.74. The maximum Gasteiger partial charge on any atom is 0.231 e. The van der Waals surface area contributed by atoms with E-state index >= 15 is 0 Å². The maximum absolute atomic E-state index is 13.6. The minimum absolute atomic E-state index is 0.00764. The summed E-state index contributed by atoms with van der Waals surface area (Å²) in [4.78, 5) is 16.5. The summed E-state index contributed by atoms with van der Waals surface area (Å²) in [5.74, 6) is -0.377. The number of amides is 1. The number of benzene rings is 1. The molecule has 0 unspecified atom stereocenters. The minimum Gasteiger partial charge on any atom is -0.317 e. The van der Waals surface area contributed by atoms with Crippen LogP contribution in [0.1, 0.15) is 30.1 Å². The molecule has 24 heavy (non-hydrogen) atoms. The summed E-state index contributed by atoms with van der Waals surface area (Å²) in [7, 11) is 1.69. The summed E-state index contributed by atoms with van der Waals surface area (Å²) in [6.45, 7) is 1.84. The van der Waals surface area contributed by atoms with Crippen LogP contribution >= 0.6 is 0 Å². The summed E-state index contributed by atoms with van der Waals surface area (Å²) in [6.07, 6.45) is 1.64. The van der Waals surface area contributed by atoms with Crippen molar-refractivity contribution in [3.8, 4) is 0 Å². The van der Waals surface area contributed by atoms with E-state index < -0.39 is 17.5 Å². The van der Waals surface area contributed by atoms with Crippen LogP contribution in [-0.4, -0.2) is 33.8 Å². The number of halogens is 2. The van der Waals surface area contributed by atoms with Gasteiger partial charge >= 0.3 is 0 Å². The monoisotopic (exact) mass is 335 g/mol. The van der Waals surface area contributed by atoms with Gasteiger partial charge in [0.15, 0.2) is 5.82 Å². The fourth-order valence-electron chi connectivity index (χ4n) is 2.79. The van der Waals surface area contributed by atoms with Crippen molar-refractivity contribution in [2.24, 2.45) is 7.05 Å². The SMILES string of the molecule is Cn1nc(C2CCNCC2)nc1NC(=O)Cc1cc(F)ccc1F. The van der Waals surface area contributed by atoms with Crippen molar-refractivity contribution in [3.63, 3.8) is 0 Å². The fourth-order valence-corrected chi connectivity index (χ4v) is 2.79. The summed E-state index contributed by atoms with van der Waals surface area (Å²) in [5, 5.41) is 10.2. The molecule has 1 saturated heterocycles. The zero-order chi connectivity index (χ0) is 17.1. The first-order chi connectivity index (χ1) is 11.5. The van der Waals surface area contributed by atoms with E-state index in [1.165, 1.54) is 4.68 Å². The zero-order valence-electron chi connectivity index (χ0n) is 13.4. The van der Waals surface area contributed by atoms with Crippen molar-refractivity contribution in [2.75, 3.05) is 18.4 Å². The molecule has 1 amide bonds. The molecule has 2 aromatic rings. The van der Waals surface area contributed by atoms with E-state index in [-0.39, 0.29) is 17.9 Å². The highest BCUT2D eigenvalue weighted by molar-refractivity contribution is 5.90. The fraction of sp³-hybridized carbons (Fsp3) is 0.438. The molecule has 3 rings (SSSR count). The first kappa shape index (κ1) is 16.5. The molecule has 0 atom stereocenters. The molecule has 8 heteroatoms. The molecule has 1 aliphatic rings. The summed E-state index contributed by atoms with van der Waals surface area (Å²) in [5.41, 5.74) is 0.00764. The summed E-state index contributed by atoms with van der Waals surface area (Å²) < 4.78 is 28.3. The van der Waals surface area contributed by atoms with Gasteiger partial charge in [-0.25, -0.2) is 13.5 Å². The molecule has 1 aromatic carbocycles. The van der Waals surface area contributed by atoms with Gasteiger partial charge in [0.25, 0.3) is 0 Å². The Bertz CT molecular complexity index is 740. The minimum atomic E-state index is -0.611. The first-order valence-corrected chi connectivity index (χ1v) is 7.88. The molecule has 128 valence electrons. The summed E-state index contributed by atoms with van der Waals surface area (Å²) in [6, 6.07) is 3.05. The maximum atomic E-state index is 13.6. The van der Waals surface area contributed by atoms with Crippen molar-refractivity contribution in [3.05, 3.63) is 41.2 Å². The molecular weight excluding hydrogens is 316 g/mol. The van der Waals surface area contributed by atoms with Gasteiger partial charge in [-0.2, -0.15) is 10.1 Å². The highest BCUT2D eigenvalue weighted by atomic mass is 19.1. The van der Waals surface area contributed by atoms with Crippen molar-refractivity contribution in [1.82, 2.24) is 20.1 Å². The largest absolute Gasteiger partial charge is 0.317 e. The Morgan fingerprint density at radius 2 is 2.12 bits per heavy atom. The average molecular weight is 335 g/mol. The number of hydrogen-bond acceptors (Lipinski definition) is 4. The van der Waals surface area contributed by atoms with Crippen LogP contribution in [0, 0.1) is 11.6 Å². The molecule has 2 heterocycles. The number of aryl methyl sites for hydroxylation is 1. The van der Waals surface area contributed by atoms with E-state index in [1.807, 2.05) is 0 Å². The van der Waals surface area contributed by atoms with Gasteiger partial charge in [-0.3, -0.25) is 10.1 Å². The standard InChI is InChI=1S/C16H19F2N5O/c1-23-16(21-15(22-23)10-4-6-19-7-5-10)20-14(24)9-11-8-12(17)2-3-13(11)18/h2-3,8,10,19H,4-7,9H2,1H3,(H,20,21,22,24). The van der Waals surface area contributed by atoms with Gasteiger partial charge < -0.3 is 5.32 Å². The third kappa shape index (κ3) is 3.76. The van der Waals surface area contributed by atoms with Crippen molar-refractivity contribution in [1.29, 1.82) is 0 Å². The van der Waals surface area contributed by atoms with Crippen molar-refractivity contribution < 1.29 is 13.6 Å². The Balaban J connectivity index is 1.68. The molecule has 2 N–H and O–H groups in total. The number of nitrogens with one attached hydrogen (secondary N) is 2. The smallest absolute Gasteiger partial charge is 0.231 e. The molecule has 1 fully saturated rings. The van der Waals surface area contributed by atoms with Crippen LogP contribution in [0.5, 0.6) is 0 Å². The molecule has 0 saturated carbocycles. The van der Waals surface area contributed by atoms with Crippen LogP contribution in [0.2, 0.25) is 0 Å². The number of anilines is 1. The lowest BCUT2D eigenvalue weighted by molar-refractivity contribution is -0.115. The molecular formula is C16H19F2N5O. The van der Waals surface area contributed by atoms with E-state index in [9.17, 15) is 13.6 Å². The number of piperidine rings is 1. The average Bonchev–Trinajstić information content (AvgIpc) is 2.92. The lowest BCUT2D eigenvalue weighted by Crippen LogP contribution is -2.27. The molecule has 1 aliphatic heterocycles. The van der Waals surface area contributed by atoms with Crippen LogP contribution in [0.25, 0.3) is 0 Å². The van der Waals surface area contributed by atoms with Gasteiger partial charge in [-0.05, 0) is 44.1 Å². The second-order valence-electron chi connectivity index (χ2n) is 5.90. The number of hydrogen-bond donors (Lipinski definition) is 2. The Morgan fingerprint density at radius 1 is 1.38 bits per heavy atom. The lowest BCUT2D eigenvalue weighted by Gasteiger charge is -2.19. The number of aromatic nitrogens is 3. The van der Waals surface area contributed by atoms with Gasteiger partial charge in [-0.1, -0.05) is 0 Å². The Morgan fingerprint density at radius 3 is 2.88 bits per heavy atom. The number of carbonyl (C=O) groups excluding carboxylic acids is 1. The molecule has 6 nitrogen and oxygen atoms in total. The Kier molecular flexibility index (Phi) is 4.84. The Labute approximate surface area is 138 Å². The molecule has 0 spiro atoms. The molecule has 0 bridgehead atoms. The van der Waals surface area contributed by atoms with Gasteiger partial charge in [0.2, 0.25) is 11.9 Å². The van der Waals surface area contributed by atoms with E-state index in [1.54, 1.807) is 7.05 Å². The highest BCUT2D eigenvalue weighted by Gasteiger charge is 2.21. The normalized spacial score (nSPS) is 15.5. The quantitative estimate of drug-likeness (QED) is 0.893. The molecule has 0 aliphatic carbocycles. The number of carbonyl (C=O) groups is 1. The van der Waals surface area contributed by atoms with Crippen LogP contribution < -0.4 is 10.6 Å². The van der Waals surface area contributed by atoms with E-state index in [4.69, 9.17) is 0 Å². The van der Waals surface area contributed by atoms with Crippen LogP contribution in [-0.2, 0) is 18.3 Å². The van der Waals surface area contributed by atoms with Crippen LogP contribution in [0.4, 0.5) is 14.7 Å². The first-order valence-electron chi connectivity index (χ1n) is 7.88.